The molecule has 2 aromatic rings. The van der Waals surface area contributed by atoms with Crippen molar-refractivity contribution in [2.24, 2.45) is 0 Å². The Hall–Kier alpha value is -3.48. The Morgan fingerprint density at radius 3 is 2.52 bits per heavy atom. The topological polar surface area (TPSA) is 84.0 Å². The highest BCUT2D eigenvalue weighted by Gasteiger charge is 2.38. The van der Waals surface area contributed by atoms with Gasteiger partial charge in [-0.2, -0.15) is 0 Å². The van der Waals surface area contributed by atoms with E-state index in [4.69, 9.17) is 4.74 Å². The van der Waals surface area contributed by atoms with Crippen molar-refractivity contribution in [1.82, 2.24) is 4.90 Å². The standard InChI is InChI=1S/C24H24N2O5/c1-15-7-3-4-9-20(15)26-22(28)18-11-10-17(13-19(18)23(26)29)24(30)31-14-21(27)25-12-6-5-8-16(25)2/h3-4,7,9-11,13,16H,5-6,8,12,14H2,1-2H3. The van der Waals surface area contributed by atoms with Crippen LogP contribution in [0.2, 0.25) is 0 Å². The molecule has 1 unspecified atom stereocenters. The van der Waals surface area contributed by atoms with Crippen molar-refractivity contribution in [3.63, 3.8) is 0 Å². The van der Waals surface area contributed by atoms with Gasteiger partial charge in [-0.3, -0.25) is 14.4 Å². The molecule has 4 rings (SSSR count). The smallest absolute Gasteiger partial charge is 0.338 e. The van der Waals surface area contributed by atoms with Crippen LogP contribution in [0.15, 0.2) is 42.5 Å². The lowest BCUT2D eigenvalue weighted by Crippen LogP contribution is -2.44. The molecule has 0 aliphatic carbocycles. The van der Waals surface area contributed by atoms with E-state index in [0.717, 1.165) is 29.7 Å². The molecular formula is C24H24N2O5. The maximum Gasteiger partial charge on any atom is 0.338 e. The lowest BCUT2D eigenvalue weighted by molar-refractivity contribution is -0.137. The van der Waals surface area contributed by atoms with Gasteiger partial charge in [0, 0.05) is 12.6 Å². The quantitative estimate of drug-likeness (QED) is 0.559. The van der Waals surface area contributed by atoms with Gasteiger partial charge < -0.3 is 9.64 Å². The summed E-state index contributed by atoms with van der Waals surface area (Å²) in [4.78, 5) is 53.5. The highest BCUT2D eigenvalue weighted by atomic mass is 16.5. The number of imide groups is 1. The van der Waals surface area contributed by atoms with Crippen LogP contribution >= 0.6 is 0 Å². The average Bonchev–Trinajstić information content (AvgIpc) is 3.02. The number of carbonyl (C=O) groups is 4. The van der Waals surface area contributed by atoms with E-state index in [2.05, 4.69) is 0 Å². The van der Waals surface area contributed by atoms with Gasteiger partial charge in [-0.15, -0.1) is 0 Å². The number of benzene rings is 2. The van der Waals surface area contributed by atoms with Gasteiger partial charge in [0.15, 0.2) is 6.61 Å². The predicted molar refractivity (Wildman–Crippen MR) is 114 cm³/mol. The Labute approximate surface area is 180 Å². The minimum absolute atomic E-state index is 0.131. The Balaban J connectivity index is 1.49. The molecule has 0 saturated carbocycles. The summed E-state index contributed by atoms with van der Waals surface area (Å²) >= 11 is 0. The van der Waals surface area contributed by atoms with Crippen LogP contribution < -0.4 is 4.90 Å². The first-order valence-corrected chi connectivity index (χ1v) is 10.4. The molecule has 7 heteroatoms. The third-order valence-electron chi connectivity index (χ3n) is 5.93. The van der Waals surface area contributed by atoms with Crippen molar-refractivity contribution in [3.8, 4) is 0 Å². The molecule has 0 radical (unpaired) electrons. The highest BCUT2D eigenvalue weighted by Crippen LogP contribution is 2.31. The molecular weight excluding hydrogens is 396 g/mol. The van der Waals surface area contributed by atoms with E-state index in [1.807, 2.05) is 26.0 Å². The van der Waals surface area contributed by atoms with Crippen LogP contribution in [0.3, 0.4) is 0 Å². The zero-order valence-electron chi connectivity index (χ0n) is 17.6. The van der Waals surface area contributed by atoms with E-state index in [-0.39, 0.29) is 35.2 Å². The number of aryl methyl sites for hydroxylation is 1. The molecule has 0 N–H and O–H groups in total. The number of nitrogens with zero attached hydrogens (tertiary/aromatic N) is 2. The summed E-state index contributed by atoms with van der Waals surface area (Å²) in [5.41, 5.74) is 1.83. The van der Waals surface area contributed by atoms with Gasteiger partial charge in [0.2, 0.25) is 0 Å². The molecule has 3 amide bonds. The van der Waals surface area contributed by atoms with Gasteiger partial charge >= 0.3 is 5.97 Å². The molecule has 0 spiro atoms. The molecule has 2 heterocycles. The molecule has 1 saturated heterocycles. The summed E-state index contributed by atoms with van der Waals surface area (Å²) in [6.45, 7) is 4.13. The fraction of sp³-hybridized carbons (Fsp3) is 0.333. The van der Waals surface area contributed by atoms with Crippen LogP contribution in [0.4, 0.5) is 5.69 Å². The first kappa shape index (κ1) is 20.8. The van der Waals surface area contributed by atoms with E-state index in [9.17, 15) is 19.2 Å². The number of anilines is 1. The van der Waals surface area contributed by atoms with Gasteiger partial charge in [-0.1, -0.05) is 18.2 Å². The first-order chi connectivity index (χ1) is 14.9. The van der Waals surface area contributed by atoms with Crippen molar-refractivity contribution < 1.29 is 23.9 Å². The normalized spacial score (nSPS) is 18.2. The summed E-state index contributed by atoms with van der Waals surface area (Å²) in [6.07, 6.45) is 2.98. The van der Waals surface area contributed by atoms with E-state index in [1.54, 1.807) is 17.0 Å². The second kappa shape index (κ2) is 8.34. The molecule has 2 aliphatic rings. The second-order valence-electron chi connectivity index (χ2n) is 8.00. The number of hydrogen-bond donors (Lipinski definition) is 0. The summed E-state index contributed by atoms with van der Waals surface area (Å²) in [6, 6.07) is 11.5. The lowest BCUT2D eigenvalue weighted by Gasteiger charge is -2.33. The number of carbonyl (C=O) groups excluding carboxylic acids is 4. The van der Waals surface area contributed by atoms with Crippen molar-refractivity contribution >= 4 is 29.4 Å². The number of fused-ring (bicyclic) bond motifs is 1. The molecule has 2 aliphatic heterocycles. The third kappa shape index (κ3) is 3.83. The molecule has 1 atom stereocenters. The number of esters is 1. The van der Waals surface area contributed by atoms with E-state index in [1.165, 1.54) is 18.2 Å². The van der Waals surface area contributed by atoms with E-state index >= 15 is 0 Å². The SMILES string of the molecule is Cc1ccccc1N1C(=O)c2ccc(C(=O)OCC(=O)N3CCCCC3C)cc2C1=O. The maximum atomic E-state index is 12.9. The lowest BCUT2D eigenvalue weighted by atomic mass is 10.0. The zero-order valence-corrected chi connectivity index (χ0v) is 17.6. The fourth-order valence-electron chi connectivity index (χ4n) is 4.16. The minimum Gasteiger partial charge on any atom is -0.452 e. The molecule has 0 bridgehead atoms. The van der Waals surface area contributed by atoms with Crippen molar-refractivity contribution in [2.75, 3.05) is 18.1 Å². The Morgan fingerprint density at radius 2 is 1.77 bits per heavy atom. The van der Waals surface area contributed by atoms with Gasteiger partial charge in [-0.25, -0.2) is 9.69 Å². The minimum atomic E-state index is -0.699. The average molecular weight is 420 g/mol. The van der Waals surface area contributed by atoms with E-state index in [0.29, 0.717) is 12.2 Å². The number of para-hydroxylation sites is 1. The van der Waals surface area contributed by atoms with Gasteiger partial charge in [0.25, 0.3) is 17.7 Å². The molecule has 2 aromatic carbocycles. The van der Waals surface area contributed by atoms with Crippen molar-refractivity contribution in [1.29, 1.82) is 0 Å². The van der Waals surface area contributed by atoms with Crippen LogP contribution in [0, 0.1) is 6.92 Å². The van der Waals surface area contributed by atoms with Crippen molar-refractivity contribution in [3.05, 3.63) is 64.7 Å². The number of amides is 3. The molecule has 1 fully saturated rings. The number of likely N-dealkylation sites (tertiary alicyclic amines) is 1. The van der Waals surface area contributed by atoms with Crippen molar-refractivity contribution in [2.45, 2.75) is 39.2 Å². The Bertz CT molecular complexity index is 1080. The number of rotatable bonds is 4. The van der Waals surface area contributed by atoms with Crippen LogP contribution in [0.25, 0.3) is 0 Å². The first-order valence-electron chi connectivity index (χ1n) is 10.4. The number of ether oxygens (including phenoxy) is 1. The maximum absolute atomic E-state index is 12.9. The summed E-state index contributed by atoms with van der Waals surface area (Å²) in [5.74, 6) is -1.83. The van der Waals surface area contributed by atoms with Crippen LogP contribution in [0.1, 0.15) is 62.8 Å². The van der Waals surface area contributed by atoms with Gasteiger partial charge in [0.1, 0.15) is 0 Å². The number of piperidine rings is 1. The monoisotopic (exact) mass is 420 g/mol. The Kier molecular flexibility index (Phi) is 5.59. The number of hydrogen-bond acceptors (Lipinski definition) is 5. The van der Waals surface area contributed by atoms with Gasteiger partial charge in [-0.05, 0) is 62.9 Å². The molecule has 160 valence electrons. The van der Waals surface area contributed by atoms with Crippen LogP contribution in [-0.4, -0.2) is 47.8 Å². The largest absolute Gasteiger partial charge is 0.452 e. The Morgan fingerprint density at radius 1 is 1.03 bits per heavy atom. The molecule has 31 heavy (non-hydrogen) atoms. The van der Waals surface area contributed by atoms with E-state index < -0.39 is 17.8 Å². The zero-order chi connectivity index (χ0) is 22.1. The van der Waals surface area contributed by atoms with Crippen LogP contribution in [-0.2, 0) is 9.53 Å². The third-order valence-corrected chi connectivity index (χ3v) is 5.93. The molecule has 0 aromatic heterocycles. The summed E-state index contributed by atoms with van der Waals surface area (Å²) < 4.78 is 5.20. The molecule has 7 nitrogen and oxygen atoms in total. The van der Waals surface area contributed by atoms with Crippen LogP contribution in [0.5, 0.6) is 0 Å². The van der Waals surface area contributed by atoms with Gasteiger partial charge in [0.05, 0.1) is 22.4 Å². The summed E-state index contributed by atoms with van der Waals surface area (Å²) in [5, 5.41) is 0. The fourth-order valence-corrected chi connectivity index (χ4v) is 4.16. The summed E-state index contributed by atoms with van der Waals surface area (Å²) in [7, 11) is 0. The second-order valence-corrected chi connectivity index (χ2v) is 8.00. The highest BCUT2D eigenvalue weighted by molar-refractivity contribution is 6.34. The predicted octanol–water partition coefficient (Wildman–Crippen LogP) is 3.35.